The minimum absolute atomic E-state index is 0.421. The molecule has 2 atom stereocenters. The second-order valence-corrected chi connectivity index (χ2v) is 9.84. The van der Waals surface area contributed by atoms with Crippen LogP contribution in [0.15, 0.2) is 115 Å². The molecule has 1 aliphatic carbocycles. The van der Waals surface area contributed by atoms with Crippen molar-refractivity contribution in [2.24, 2.45) is 0 Å². The van der Waals surface area contributed by atoms with E-state index in [2.05, 4.69) is 115 Å². The Morgan fingerprint density at radius 1 is 0.607 bits per heavy atom. The summed E-state index contributed by atoms with van der Waals surface area (Å²) in [5, 5.41) is 5.60. The van der Waals surface area contributed by atoms with Gasteiger partial charge in [-0.05, 0) is 41.3 Å². The van der Waals surface area contributed by atoms with Gasteiger partial charge in [-0.2, -0.15) is 0 Å². The fraction of sp³-hybridized carbons (Fsp3) is 0.111. The van der Waals surface area contributed by atoms with Crippen LogP contribution in [0.1, 0.15) is 17.9 Å². The van der Waals surface area contributed by atoms with Crippen LogP contribution >= 0.6 is 7.92 Å². The third kappa shape index (κ3) is 3.30. The van der Waals surface area contributed by atoms with Crippen molar-refractivity contribution in [2.45, 2.75) is 18.0 Å². The molecule has 5 rings (SSSR count). The third-order valence-electron chi connectivity index (χ3n) is 5.69. The molecule has 0 bridgehead atoms. The highest BCUT2D eigenvalue weighted by Gasteiger charge is 2.33. The summed E-state index contributed by atoms with van der Waals surface area (Å²) in [6, 6.07) is 37.9. The lowest BCUT2D eigenvalue weighted by molar-refractivity contribution is 0.816. The van der Waals surface area contributed by atoms with Gasteiger partial charge in [0.15, 0.2) is 0 Å². The van der Waals surface area contributed by atoms with Gasteiger partial charge >= 0.3 is 0 Å². The smallest absolute Gasteiger partial charge is 0.00947 e. The predicted molar refractivity (Wildman–Crippen MR) is 123 cm³/mol. The Hall–Kier alpha value is -2.69. The van der Waals surface area contributed by atoms with Crippen LogP contribution in [0.4, 0.5) is 0 Å². The molecule has 0 spiro atoms. The van der Waals surface area contributed by atoms with E-state index in [1.54, 1.807) is 0 Å². The maximum Gasteiger partial charge on any atom is 0.00947 e. The molecule has 0 aromatic heterocycles. The maximum atomic E-state index is 2.44. The van der Waals surface area contributed by atoms with Gasteiger partial charge in [-0.1, -0.05) is 115 Å². The highest BCUT2D eigenvalue weighted by atomic mass is 31.1. The van der Waals surface area contributed by atoms with Crippen molar-refractivity contribution in [3.8, 4) is 0 Å². The lowest BCUT2D eigenvalue weighted by Gasteiger charge is -2.30. The first-order valence-corrected chi connectivity index (χ1v) is 11.4. The standard InChI is InChI=1S/C27H23P/c1-3-12-24(13-4-1)28(25-14-5-2-6-15-25)27-17-9-16-26(27)23-19-18-21-10-7-8-11-22(21)20-23/h1-16,18-20,26-27H,17H2/t26-,27?/m1/s1. The fourth-order valence-corrected chi connectivity index (χ4v) is 7.34. The molecule has 0 N–H and O–H groups in total. The molecule has 4 aromatic carbocycles. The Bertz CT molecular complexity index is 1060. The van der Waals surface area contributed by atoms with E-state index in [0.717, 1.165) is 6.42 Å². The Kier molecular flexibility index (Phi) is 4.81. The topological polar surface area (TPSA) is 0 Å². The second-order valence-electron chi connectivity index (χ2n) is 7.40. The molecule has 0 saturated heterocycles. The molecule has 0 saturated carbocycles. The number of fused-ring (bicyclic) bond motifs is 1. The average molecular weight is 378 g/mol. The minimum Gasteiger partial charge on any atom is -0.0872 e. The fourth-order valence-electron chi connectivity index (χ4n) is 4.36. The zero-order valence-electron chi connectivity index (χ0n) is 15.8. The van der Waals surface area contributed by atoms with Crippen molar-refractivity contribution in [3.63, 3.8) is 0 Å². The second kappa shape index (κ2) is 7.74. The van der Waals surface area contributed by atoms with E-state index >= 15 is 0 Å². The molecule has 0 heterocycles. The van der Waals surface area contributed by atoms with Crippen molar-refractivity contribution >= 4 is 29.3 Å². The number of rotatable bonds is 4. The summed E-state index contributed by atoms with van der Waals surface area (Å²) in [5.74, 6) is 0.469. The minimum atomic E-state index is -0.421. The highest BCUT2D eigenvalue weighted by Crippen LogP contribution is 2.51. The van der Waals surface area contributed by atoms with E-state index in [1.807, 2.05) is 0 Å². The third-order valence-corrected chi connectivity index (χ3v) is 8.60. The van der Waals surface area contributed by atoms with Crippen LogP contribution in [0.2, 0.25) is 0 Å². The number of hydrogen-bond donors (Lipinski definition) is 0. The van der Waals surface area contributed by atoms with E-state index in [1.165, 1.54) is 26.9 Å². The Morgan fingerprint density at radius 2 is 1.21 bits per heavy atom. The highest BCUT2D eigenvalue weighted by molar-refractivity contribution is 7.73. The molecule has 0 amide bonds. The van der Waals surface area contributed by atoms with Gasteiger partial charge in [0, 0.05) is 11.6 Å². The molecule has 28 heavy (non-hydrogen) atoms. The van der Waals surface area contributed by atoms with E-state index in [0.29, 0.717) is 11.6 Å². The van der Waals surface area contributed by atoms with Crippen molar-refractivity contribution in [3.05, 3.63) is 121 Å². The van der Waals surface area contributed by atoms with Gasteiger partial charge in [-0.3, -0.25) is 0 Å². The molecule has 0 nitrogen and oxygen atoms in total. The molecule has 1 aliphatic rings. The van der Waals surface area contributed by atoms with Crippen LogP contribution in [0, 0.1) is 0 Å². The van der Waals surface area contributed by atoms with Crippen LogP contribution < -0.4 is 10.6 Å². The van der Waals surface area contributed by atoms with E-state index in [9.17, 15) is 0 Å². The number of allylic oxidation sites excluding steroid dienone is 2. The van der Waals surface area contributed by atoms with Crippen LogP contribution in [0.5, 0.6) is 0 Å². The summed E-state index contributed by atoms with van der Waals surface area (Å²) in [6.45, 7) is 0. The van der Waals surface area contributed by atoms with Gasteiger partial charge < -0.3 is 0 Å². The van der Waals surface area contributed by atoms with Gasteiger partial charge in [-0.15, -0.1) is 0 Å². The molecule has 1 unspecified atom stereocenters. The average Bonchev–Trinajstić information content (AvgIpc) is 3.24. The van der Waals surface area contributed by atoms with Gasteiger partial charge in [0.05, 0.1) is 0 Å². The molecule has 0 fully saturated rings. The molecular formula is C27H23P. The zero-order valence-corrected chi connectivity index (χ0v) is 16.7. The van der Waals surface area contributed by atoms with E-state index < -0.39 is 7.92 Å². The molecule has 4 aromatic rings. The number of hydrogen-bond acceptors (Lipinski definition) is 0. The zero-order chi connectivity index (χ0) is 18.8. The van der Waals surface area contributed by atoms with Gasteiger partial charge in [-0.25, -0.2) is 0 Å². The van der Waals surface area contributed by atoms with Crippen molar-refractivity contribution in [2.75, 3.05) is 0 Å². The first-order chi connectivity index (χ1) is 13.9. The van der Waals surface area contributed by atoms with Crippen LogP contribution in [-0.2, 0) is 0 Å². The van der Waals surface area contributed by atoms with Crippen molar-refractivity contribution < 1.29 is 0 Å². The van der Waals surface area contributed by atoms with Crippen LogP contribution in [0.25, 0.3) is 10.8 Å². The SMILES string of the molecule is C1=C[C@H](c2ccc3ccccc3c2)C(P(c2ccccc2)c2ccccc2)C1. The molecule has 1 heteroatoms. The Labute approximate surface area is 168 Å². The summed E-state index contributed by atoms with van der Waals surface area (Å²) >= 11 is 0. The van der Waals surface area contributed by atoms with E-state index in [-0.39, 0.29) is 0 Å². The van der Waals surface area contributed by atoms with Crippen LogP contribution in [-0.4, -0.2) is 5.66 Å². The maximum absolute atomic E-state index is 2.44. The molecule has 0 radical (unpaired) electrons. The monoisotopic (exact) mass is 378 g/mol. The quantitative estimate of drug-likeness (QED) is 0.285. The Morgan fingerprint density at radius 3 is 1.89 bits per heavy atom. The first-order valence-electron chi connectivity index (χ1n) is 9.95. The lowest BCUT2D eigenvalue weighted by atomic mass is 9.95. The van der Waals surface area contributed by atoms with Crippen molar-refractivity contribution in [1.29, 1.82) is 0 Å². The summed E-state index contributed by atoms with van der Waals surface area (Å²) < 4.78 is 0. The summed E-state index contributed by atoms with van der Waals surface area (Å²) in [5.41, 5.74) is 2.04. The molecule has 136 valence electrons. The summed E-state index contributed by atoms with van der Waals surface area (Å²) in [7, 11) is -0.421. The normalized spacial score (nSPS) is 18.8. The molecular weight excluding hydrogens is 355 g/mol. The number of benzene rings is 4. The van der Waals surface area contributed by atoms with Gasteiger partial charge in [0.1, 0.15) is 0 Å². The van der Waals surface area contributed by atoms with Crippen LogP contribution in [0.3, 0.4) is 0 Å². The first kappa shape index (κ1) is 17.4. The largest absolute Gasteiger partial charge is 0.0872 e. The van der Waals surface area contributed by atoms with Gasteiger partial charge in [0.2, 0.25) is 0 Å². The lowest BCUT2D eigenvalue weighted by Crippen LogP contribution is -2.24. The van der Waals surface area contributed by atoms with Crippen molar-refractivity contribution in [1.82, 2.24) is 0 Å². The van der Waals surface area contributed by atoms with E-state index in [4.69, 9.17) is 0 Å². The summed E-state index contributed by atoms with van der Waals surface area (Å²) in [6.07, 6.45) is 5.98. The molecule has 0 aliphatic heterocycles. The predicted octanol–water partition coefficient (Wildman–Crippen LogP) is 6.38. The summed E-state index contributed by atoms with van der Waals surface area (Å²) in [4.78, 5) is 0. The van der Waals surface area contributed by atoms with Gasteiger partial charge in [0.25, 0.3) is 0 Å². The Balaban J connectivity index is 1.58.